The number of hydrogen-bond acceptors (Lipinski definition) is 3. The summed E-state index contributed by atoms with van der Waals surface area (Å²) in [6.45, 7) is 8.10. The number of ether oxygens (including phenoxy) is 1. The summed E-state index contributed by atoms with van der Waals surface area (Å²) in [5, 5.41) is 0. The maximum absolute atomic E-state index is 11.4. The van der Waals surface area contributed by atoms with E-state index in [4.69, 9.17) is 0 Å². The van der Waals surface area contributed by atoms with Crippen LogP contribution in [0.5, 0.6) is 0 Å². The first-order valence-corrected chi connectivity index (χ1v) is 5.40. The first kappa shape index (κ1) is 12.0. The van der Waals surface area contributed by atoms with Crippen molar-refractivity contribution in [2.75, 3.05) is 0 Å². The molecule has 0 aromatic rings. The summed E-state index contributed by atoms with van der Waals surface area (Å²) in [6, 6.07) is 0. The molecule has 0 radical (unpaired) electrons. The summed E-state index contributed by atoms with van der Waals surface area (Å²) in [5.74, 6) is -0.157. The Morgan fingerprint density at radius 1 is 0.867 bits per heavy atom. The molecule has 0 saturated heterocycles. The normalized spacial score (nSPS) is 16.9. The van der Waals surface area contributed by atoms with Crippen molar-refractivity contribution in [3.8, 4) is 0 Å². The van der Waals surface area contributed by atoms with Crippen LogP contribution in [0.2, 0.25) is 0 Å². The van der Waals surface area contributed by atoms with E-state index in [-0.39, 0.29) is 0 Å². The second-order valence-electron chi connectivity index (χ2n) is 4.83. The van der Waals surface area contributed by atoms with Crippen LogP contribution in [0.25, 0.3) is 0 Å². The van der Waals surface area contributed by atoms with Crippen molar-refractivity contribution < 1.29 is 14.3 Å². The van der Waals surface area contributed by atoms with Gasteiger partial charge in [-0.2, -0.15) is 0 Å². The molecule has 0 bridgehead atoms. The first-order chi connectivity index (χ1) is 6.91. The van der Waals surface area contributed by atoms with Gasteiger partial charge in [0.15, 0.2) is 0 Å². The average Bonchev–Trinajstić information content (AvgIpc) is 2.30. The molecular weight excluding hydrogens is 192 g/mol. The Kier molecular flexibility index (Phi) is 3.66. The molecule has 3 nitrogen and oxygen atoms in total. The van der Waals surface area contributed by atoms with Gasteiger partial charge in [0.1, 0.15) is 0 Å². The van der Waals surface area contributed by atoms with E-state index in [0.717, 1.165) is 0 Å². The molecule has 0 aliphatic carbocycles. The highest BCUT2D eigenvalue weighted by molar-refractivity contribution is 6.12. The predicted octanol–water partition coefficient (Wildman–Crippen LogP) is 2.46. The molecule has 84 valence electrons. The molecule has 0 aromatic carbocycles. The van der Waals surface area contributed by atoms with E-state index in [1.807, 2.05) is 27.7 Å². The van der Waals surface area contributed by atoms with Crippen LogP contribution in [0.15, 0.2) is 11.1 Å². The smallest absolute Gasteiger partial charge is 0.342 e. The van der Waals surface area contributed by atoms with E-state index in [1.54, 1.807) is 0 Å². The summed E-state index contributed by atoms with van der Waals surface area (Å²) < 4.78 is 4.64. The molecule has 1 heterocycles. The Bertz CT molecular complexity index is 281. The van der Waals surface area contributed by atoms with Crippen LogP contribution in [0.1, 0.15) is 40.5 Å². The summed E-state index contributed by atoms with van der Waals surface area (Å²) in [6.07, 6.45) is 1.26. The number of hydrogen-bond donors (Lipinski definition) is 0. The van der Waals surface area contributed by atoms with Gasteiger partial charge < -0.3 is 4.74 Å². The number of carbonyl (C=O) groups excluding carboxylic acids is 2. The first-order valence-electron chi connectivity index (χ1n) is 5.40. The van der Waals surface area contributed by atoms with Crippen molar-refractivity contribution in [2.45, 2.75) is 40.5 Å². The summed E-state index contributed by atoms with van der Waals surface area (Å²) in [5.41, 5.74) is 1.17. The van der Waals surface area contributed by atoms with Gasteiger partial charge in [-0.05, 0) is 24.7 Å². The molecule has 0 saturated carbocycles. The molecule has 0 unspecified atom stereocenters. The molecule has 15 heavy (non-hydrogen) atoms. The molecule has 3 heteroatoms. The molecule has 1 aliphatic rings. The zero-order chi connectivity index (χ0) is 11.6. The van der Waals surface area contributed by atoms with E-state index >= 15 is 0 Å². The Hall–Kier alpha value is -1.12. The summed E-state index contributed by atoms with van der Waals surface area (Å²) in [7, 11) is 0. The largest absolute Gasteiger partial charge is 0.386 e. The molecule has 0 amide bonds. The Labute approximate surface area is 90.5 Å². The van der Waals surface area contributed by atoms with Crippen molar-refractivity contribution in [3.63, 3.8) is 0 Å². The van der Waals surface area contributed by atoms with Gasteiger partial charge in [0.25, 0.3) is 0 Å². The van der Waals surface area contributed by atoms with Gasteiger partial charge in [0.05, 0.1) is 0 Å². The Balaban J connectivity index is 2.93. The fourth-order valence-electron chi connectivity index (χ4n) is 1.68. The summed E-state index contributed by atoms with van der Waals surface area (Å²) >= 11 is 0. The van der Waals surface area contributed by atoms with E-state index in [9.17, 15) is 9.59 Å². The van der Waals surface area contributed by atoms with E-state index in [1.165, 1.54) is 0 Å². The van der Waals surface area contributed by atoms with Gasteiger partial charge in [-0.25, -0.2) is 9.59 Å². The second kappa shape index (κ2) is 4.60. The molecule has 1 rings (SSSR count). The minimum absolute atomic E-state index is 0.362. The zero-order valence-electron chi connectivity index (χ0n) is 9.79. The number of carbonyl (C=O) groups is 2. The lowest BCUT2D eigenvalue weighted by molar-refractivity contribution is -0.151. The maximum Gasteiger partial charge on any atom is 0.342 e. The van der Waals surface area contributed by atoms with Crippen LogP contribution in [-0.4, -0.2) is 11.9 Å². The molecule has 1 aliphatic heterocycles. The van der Waals surface area contributed by atoms with Crippen molar-refractivity contribution >= 4 is 11.9 Å². The average molecular weight is 210 g/mol. The zero-order valence-corrected chi connectivity index (χ0v) is 9.79. The lowest BCUT2D eigenvalue weighted by Gasteiger charge is -2.06. The SMILES string of the molecule is CC(C)CC1=C(CC(C)C)C(=O)OC1=O. The number of rotatable bonds is 4. The van der Waals surface area contributed by atoms with Crippen LogP contribution < -0.4 is 0 Å². The fraction of sp³-hybridized carbons (Fsp3) is 0.667. The fourth-order valence-corrected chi connectivity index (χ4v) is 1.68. The van der Waals surface area contributed by atoms with Gasteiger partial charge in [-0.15, -0.1) is 0 Å². The van der Waals surface area contributed by atoms with Crippen LogP contribution >= 0.6 is 0 Å². The highest BCUT2D eigenvalue weighted by Crippen LogP contribution is 2.28. The number of cyclic esters (lactones) is 2. The van der Waals surface area contributed by atoms with Gasteiger partial charge >= 0.3 is 11.9 Å². The van der Waals surface area contributed by atoms with Crippen molar-refractivity contribution in [2.24, 2.45) is 11.8 Å². The van der Waals surface area contributed by atoms with Gasteiger partial charge in [-0.1, -0.05) is 27.7 Å². The van der Waals surface area contributed by atoms with Crippen molar-refractivity contribution in [3.05, 3.63) is 11.1 Å². The van der Waals surface area contributed by atoms with Crippen LogP contribution in [0.4, 0.5) is 0 Å². The third-order valence-electron chi connectivity index (χ3n) is 2.27. The third kappa shape index (κ3) is 2.91. The molecule has 0 N–H and O–H groups in total. The molecule has 0 aromatic heterocycles. The number of esters is 2. The van der Waals surface area contributed by atoms with Crippen molar-refractivity contribution in [1.29, 1.82) is 0 Å². The molecular formula is C12H18O3. The van der Waals surface area contributed by atoms with Crippen LogP contribution in [0.3, 0.4) is 0 Å². The third-order valence-corrected chi connectivity index (χ3v) is 2.27. The van der Waals surface area contributed by atoms with Gasteiger partial charge in [0.2, 0.25) is 0 Å². The van der Waals surface area contributed by atoms with Crippen LogP contribution in [0, 0.1) is 11.8 Å². The quantitative estimate of drug-likeness (QED) is 0.529. The standard InChI is InChI=1S/C12H18O3/c1-7(2)5-9-10(6-8(3)4)12(14)15-11(9)13/h7-8H,5-6H2,1-4H3. The molecule has 0 fully saturated rings. The van der Waals surface area contributed by atoms with Crippen molar-refractivity contribution in [1.82, 2.24) is 0 Å². The minimum Gasteiger partial charge on any atom is -0.386 e. The lowest BCUT2D eigenvalue weighted by atomic mass is 9.94. The lowest BCUT2D eigenvalue weighted by Crippen LogP contribution is -2.03. The van der Waals surface area contributed by atoms with Gasteiger partial charge in [0, 0.05) is 11.1 Å². The summed E-state index contributed by atoms with van der Waals surface area (Å²) in [4.78, 5) is 22.8. The Morgan fingerprint density at radius 3 is 1.47 bits per heavy atom. The highest BCUT2D eigenvalue weighted by atomic mass is 16.6. The van der Waals surface area contributed by atoms with E-state index in [2.05, 4.69) is 4.74 Å². The topological polar surface area (TPSA) is 43.4 Å². The molecule has 0 spiro atoms. The monoisotopic (exact) mass is 210 g/mol. The predicted molar refractivity (Wildman–Crippen MR) is 57.0 cm³/mol. The van der Waals surface area contributed by atoms with E-state index in [0.29, 0.717) is 35.8 Å². The van der Waals surface area contributed by atoms with Gasteiger partial charge in [-0.3, -0.25) is 0 Å². The highest BCUT2D eigenvalue weighted by Gasteiger charge is 2.32. The second-order valence-corrected chi connectivity index (χ2v) is 4.83. The van der Waals surface area contributed by atoms with E-state index < -0.39 is 11.9 Å². The molecule has 0 atom stereocenters. The maximum atomic E-state index is 11.4. The minimum atomic E-state index is -0.440. The van der Waals surface area contributed by atoms with Crippen LogP contribution in [-0.2, 0) is 14.3 Å². The Morgan fingerprint density at radius 2 is 1.20 bits per heavy atom.